The molecule has 1 aromatic heterocycles. The molecule has 4 nitrogen and oxygen atoms in total. The lowest BCUT2D eigenvalue weighted by Gasteiger charge is -2.24. The second-order valence-electron chi connectivity index (χ2n) is 5.10. The molecule has 1 aliphatic heterocycles. The maximum absolute atomic E-state index is 4.35. The molecule has 0 bridgehead atoms. The number of anilines is 1. The summed E-state index contributed by atoms with van der Waals surface area (Å²) in [5, 5.41) is 7.70. The van der Waals surface area contributed by atoms with E-state index in [2.05, 4.69) is 61.7 Å². The van der Waals surface area contributed by atoms with Gasteiger partial charge in [0, 0.05) is 10.2 Å². The monoisotopic (exact) mass is 352 g/mol. The third kappa shape index (κ3) is 2.33. The van der Waals surface area contributed by atoms with Crippen LogP contribution in [0.25, 0.3) is 5.70 Å². The van der Waals surface area contributed by atoms with Crippen molar-refractivity contribution in [3.63, 3.8) is 0 Å². The number of halogens is 1. The van der Waals surface area contributed by atoms with E-state index < -0.39 is 0 Å². The van der Waals surface area contributed by atoms with Gasteiger partial charge in [-0.25, -0.2) is 4.68 Å². The topological polar surface area (TPSA) is 42.7 Å². The van der Waals surface area contributed by atoms with Crippen molar-refractivity contribution in [3.8, 4) is 0 Å². The lowest BCUT2D eigenvalue weighted by atomic mass is 10.0. The standard InChI is InChI=1S/C17H13BrN4/c18-14-8-4-7-13(9-14)15-10-16(12-5-2-1-3-6-12)22-17(21-15)19-11-20-22/h1-11,16H,(H,19,20,21). The fourth-order valence-corrected chi connectivity index (χ4v) is 3.04. The predicted octanol–water partition coefficient (Wildman–Crippen LogP) is 4.10. The summed E-state index contributed by atoms with van der Waals surface area (Å²) >= 11 is 3.52. The highest BCUT2D eigenvalue weighted by Crippen LogP contribution is 2.32. The SMILES string of the molecule is Brc1cccc(C2=CC(c3ccccc3)n3ncnc3N2)c1. The van der Waals surface area contributed by atoms with E-state index in [1.807, 2.05) is 35.0 Å². The Labute approximate surface area is 136 Å². The zero-order valence-electron chi connectivity index (χ0n) is 11.6. The third-order valence-electron chi connectivity index (χ3n) is 3.68. The predicted molar refractivity (Wildman–Crippen MR) is 90.3 cm³/mol. The minimum absolute atomic E-state index is 0.0360. The number of hydrogen-bond acceptors (Lipinski definition) is 3. The molecule has 108 valence electrons. The number of benzene rings is 2. The molecule has 1 atom stereocenters. The molecule has 0 radical (unpaired) electrons. The van der Waals surface area contributed by atoms with E-state index in [-0.39, 0.29) is 6.04 Å². The maximum atomic E-state index is 4.35. The Bertz CT molecular complexity index is 839. The largest absolute Gasteiger partial charge is 0.324 e. The van der Waals surface area contributed by atoms with Gasteiger partial charge >= 0.3 is 0 Å². The summed E-state index contributed by atoms with van der Waals surface area (Å²) < 4.78 is 2.95. The van der Waals surface area contributed by atoms with Crippen LogP contribution in [0.2, 0.25) is 0 Å². The van der Waals surface area contributed by atoms with Crippen LogP contribution in [0.1, 0.15) is 17.2 Å². The minimum atomic E-state index is 0.0360. The summed E-state index contributed by atoms with van der Waals surface area (Å²) in [4.78, 5) is 4.32. The van der Waals surface area contributed by atoms with Crippen molar-refractivity contribution in [1.29, 1.82) is 0 Å². The summed E-state index contributed by atoms with van der Waals surface area (Å²) in [5.41, 5.74) is 3.34. The molecule has 1 aliphatic rings. The smallest absolute Gasteiger partial charge is 0.226 e. The fourth-order valence-electron chi connectivity index (χ4n) is 2.65. The molecule has 1 unspecified atom stereocenters. The van der Waals surface area contributed by atoms with Gasteiger partial charge < -0.3 is 5.32 Å². The first-order valence-electron chi connectivity index (χ1n) is 7.00. The van der Waals surface area contributed by atoms with Gasteiger partial charge in [-0.1, -0.05) is 58.4 Å². The van der Waals surface area contributed by atoms with Crippen LogP contribution in [0.3, 0.4) is 0 Å². The Morgan fingerprint density at radius 2 is 1.91 bits per heavy atom. The number of nitrogens with zero attached hydrogens (tertiary/aromatic N) is 3. The number of hydrogen-bond donors (Lipinski definition) is 1. The average molecular weight is 353 g/mol. The molecular formula is C17H13BrN4. The molecule has 4 rings (SSSR count). The first-order valence-corrected chi connectivity index (χ1v) is 7.80. The Kier molecular flexibility index (Phi) is 3.27. The lowest BCUT2D eigenvalue weighted by molar-refractivity contribution is 0.612. The summed E-state index contributed by atoms with van der Waals surface area (Å²) in [7, 11) is 0. The van der Waals surface area contributed by atoms with Crippen LogP contribution in [0.4, 0.5) is 5.95 Å². The van der Waals surface area contributed by atoms with Gasteiger partial charge in [0.2, 0.25) is 5.95 Å². The van der Waals surface area contributed by atoms with Crippen LogP contribution in [0.5, 0.6) is 0 Å². The average Bonchev–Trinajstić information content (AvgIpc) is 3.03. The normalized spacial score (nSPS) is 16.6. The number of rotatable bonds is 2. The van der Waals surface area contributed by atoms with Crippen LogP contribution in [-0.2, 0) is 0 Å². The van der Waals surface area contributed by atoms with Gasteiger partial charge in [0.05, 0.1) is 0 Å². The first-order chi connectivity index (χ1) is 10.8. The number of allylic oxidation sites excluding steroid dienone is 1. The van der Waals surface area contributed by atoms with Gasteiger partial charge in [-0.15, -0.1) is 0 Å². The molecule has 3 aromatic rings. The van der Waals surface area contributed by atoms with Crippen LogP contribution in [-0.4, -0.2) is 14.8 Å². The van der Waals surface area contributed by atoms with Gasteiger partial charge in [0.1, 0.15) is 12.4 Å². The summed E-state index contributed by atoms with van der Waals surface area (Å²) in [6.07, 6.45) is 3.76. The molecule has 2 heterocycles. The van der Waals surface area contributed by atoms with Crippen molar-refractivity contribution in [2.75, 3.05) is 5.32 Å². The van der Waals surface area contributed by atoms with E-state index in [9.17, 15) is 0 Å². The van der Waals surface area contributed by atoms with Crippen molar-refractivity contribution in [2.24, 2.45) is 0 Å². The quantitative estimate of drug-likeness (QED) is 0.754. The van der Waals surface area contributed by atoms with E-state index in [1.54, 1.807) is 6.33 Å². The maximum Gasteiger partial charge on any atom is 0.226 e. The molecule has 0 amide bonds. The molecule has 1 N–H and O–H groups in total. The van der Waals surface area contributed by atoms with Crippen LogP contribution in [0, 0.1) is 0 Å². The van der Waals surface area contributed by atoms with Gasteiger partial charge in [0.25, 0.3) is 0 Å². The van der Waals surface area contributed by atoms with Crippen LogP contribution < -0.4 is 5.32 Å². The molecular weight excluding hydrogens is 340 g/mol. The molecule has 2 aromatic carbocycles. The third-order valence-corrected chi connectivity index (χ3v) is 4.18. The van der Waals surface area contributed by atoms with Crippen LogP contribution in [0.15, 0.2) is 71.5 Å². The highest BCUT2D eigenvalue weighted by molar-refractivity contribution is 9.10. The highest BCUT2D eigenvalue weighted by Gasteiger charge is 2.23. The molecule has 5 heteroatoms. The number of aromatic nitrogens is 3. The Balaban J connectivity index is 1.83. The van der Waals surface area contributed by atoms with Crippen LogP contribution >= 0.6 is 15.9 Å². The van der Waals surface area contributed by atoms with Gasteiger partial charge in [-0.2, -0.15) is 10.1 Å². The molecule has 22 heavy (non-hydrogen) atoms. The first kappa shape index (κ1) is 13.3. The van der Waals surface area contributed by atoms with Crippen molar-refractivity contribution in [1.82, 2.24) is 14.8 Å². The van der Waals surface area contributed by atoms with E-state index >= 15 is 0 Å². The van der Waals surface area contributed by atoms with E-state index in [0.717, 1.165) is 21.7 Å². The zero-order valence-corrected chi connectivity index (χ0v) is 13.2. The zero-order chi connectivity index (χ0) is 14.9. The second kappa shape index (κ2) is 5.42. The highest BCUT2D eigenvalue weighted by atomic mass is 79.9. The number of nitrogens with one attached hydrogen (secondary N) is 1. The van der Waals surface area contributed by atoms with Crippen molar-refractivity contribution in [3.05, 3.63) is 82.6 Å². The molecule has 0 spiro atoms. The Morgan fingerprint density at radius 1 is 1.05 bits per heavy atom. The van der Waals surface area contributed by atoms with Gasteiger partial charge in [0.15, 0.2) is 0 Å². The molecule has 0 aliphatic carbocycles. The summed E-state index contributed by atoms with van der Waals surface area (Å²) in [6, 6.07) is 18.6. The van der Waals surface area contributed by atoms with Crippen molar-refractivity contribution in [2.45, 2.75) is 6.04 Å². The molecule has 0 saturated carbocycles. The summed E-state index contributed by atoms with van der Waals surface area (Å²) in [6.45, 7) is 0. The summed E-state index contributed by atoms with van der Waals surface area (Å²) in [5.74, 6) is 0.756. The minimum Gasteiger partial charge on any atom is -0.324 e. The van der Waals surface area contributed by atoms with E-state index in [1.165, 1.54) is 5.56 Å². The Hall–Kier alpha value is -2.40. The van der Waals surface area contributed by atoms with E-state index in [0.29, 0.717) is 0 Å². The second-order valence-corrected chi connectivity index (χ2v) is 6.02. The van der Waals surface area contributed by atoms with Gasteiger partial charge in [-0.3, -0.25) is 0 Å². The van der Waals surface area contributed by atoms with Gasteiger partial charge in [-0.05, 0) is 29.3 Å². The Morgan fingerprint density at radius 3 is 2.73 bits per heavy atom. The van der Waals surface area contributed by atoms with Crippen molar-refractivity contribution >= 4 is 27.6 Å². The lowest BCUT2D eigenvalue weighted by Crippen LogP contribution is -2.20. The van der Waals surface area contributed by atoms with Crippen molar-refractivity contribution < 1.29 is 0 Å². The fraction of sp³-hybridized carbons (Fsp3) is 0.0588. The number of fused-ring (bicyclic) bond motifs is 1. The molecule has 0 fully saturated rings. The molecule has 0 saturated heterocycles. The van der Waals surface area contributed by atoms with E-state index in [4.69, 9.17) is 0 Å².